The summed E-state index contributed by atoms with van der Waals surface area (Å²) in [7, 11) is 0. The summed E-state index contributed by atoms with van der Waals surface area (Å²) in [6.07, 6.45) is 2.70. The van der Waals surface area contributed by atoms with E-state index in [1.54, 1.807) is 17.0 Å². The fourth-order valence-corrected chi connectivity index (χ4v) is 1.95. The third-order valence-electron chi connectivity index (χ3n) is 3.04. The lowest BCUT2D eigenvalue weighted by Crippen LogP contribution is -2.35. The summed E-state index contributed by atoms with van der Waals surface area (Å²) in [5.41, 5.74) is 0.809. The van der Waals surface area contributed by atoms with E-state index in [-0.39, 0.29) is 18.1 Å². The van der Waals surface area contributed by atoms with Crippen LogP contribution in [-0.2, 0) is 11.2 Å². The number of nitriles is 1. The molecule has 0 N–H and O–H groups in total. The topological polar surface area (TPSA) is 44.1 Å². The van der Waals surface area contributed by atoms with Gasteiger partial charge in [0, 0.05) is 12.6 Å². The predicted octanol–water partition coefficient (Wildman–Crippen LogP) is 2.27. The van der Waals surface area contributed by atoms with Gasteiger partial charge in [0.2, 0.25) is 5.91 Å². The molecule has 1 amide bonds. The molecule has 0 saturated heterocycles. The Kier molecular flexibility index (Phi) is 3.93. The molecule has 0 atom stereocenters. The molecule has 0 spiro atoms. The number of nitrogens with zero attached hydrogens (tertiary/aromatic N) is 2. The van der Waals surface area contributed by atoms with Crippen molar-refractivity contribution < 1.29 is 9.18 Å². The van der Waals surface area contributed by atoms with Gasteiger partial charge >= 0.3 is 0 Å². The minimum Gasteiger partial charge on any atom is -0.338 e. The lowest BCUT2D eigenvalue weighted by atomic mass is 10.1. The minimum atomic E-state index is -0.297. The van der Waals surface area contributed by atoms with E-state index >= 15 is 0 Å². The molecule has 3 nitrogen and oxygen atoms in total. The van der Waals surface area contributed by atoms with Crippen molar-refractivity contribution in [3.63, 3.8) is 0 Å². The molecule has 1 aromatic carbocycles. The molecule has 0 aliphatic heterocycles. The standard InChI is InChI=1S/C14H15FN2O/c15-12-4-2-11(3-5-12)10-14(18)17(9-1-8-16)13-6-7-13/h2-5,13H,1,6-7,9-10H2. The minimum absolute atomic E-state index is 0.0272. The molecule has 2 rings (SSSR count). The molecule has 1 aromatic rings. The van der Waals surface area contributed by atoms with Crippen molar-refractivity contribution in [3.05, 3.63) is 35.6 Å². The summed E-state index contributed by atoms with van der Waals surface area (Å²) in [5, 5.41) is 8.59. The van der Waals surface area contributed by atoms with Gasteiger partial charge in [-0.2, -0.15) is 5.26 Å². The van der Waals surface area contributed by atoms with Crippen molar-refractivity contribution in [2.75, 3.05) is 6.54 Å². The molecule has 94 valence electrons. The number of carbonyl (C=O) groups is 1. The van der Waals surface area contributed by atoms with Crippen LogP contribution in [-0.4, -0.2) is 23.4 Å². The maximum absolute atomic E-state index is 12.8. The number of amides is 1. The second-order valence-corrected chi connectivity index (χ2v) is 4.53. The van der Waals surface area contributed by atoms with Crippen LogP contribution in [0, 0.1) is 17.1 Å². The Morgan fingerprint density at radius 2 is 2.06 bits per heavy atom. The van der Waals surface area contributed by atoms with Gasteiger partial charge < -0.3 is 4.90 Å². The van der Waals surface area contributed by atoms with Gasteiger partial charge in [0.15, 0.2) is 0 Å². The van der Waals surface area contributed by atoms with E-state index in [1.165, 1.54) is 12.1 Å². The van der Waals surface area contributed by atoms with E-state index in [4.69, 9.17) is 5.26 Å². The molecule has 0 aromatic heterocycles. The summed E-state index contributed by atoms with van der Waals surface area (Å²) < 4.78 is 12.8. The van der Waals surface area contributed by atoms with Gasteiger partial charge in [0.05, 0.1) is 18.9 Å². The molecular formula is C14H15FN2O. The van der Waals surface area contributed by atoms with Gasteiger partial charge in [0.1, 0.15) is 5.82 Å². The van der Waals surface area contributed by atoms with Crippen molar-refractivity contribution in [1.82, 2.24) is 4.90 Å². The van der Waals surface area contributed by atoms with E-state index in [0.717, 1.165) is 18.4 Å². The summed E-state index contributed by atoms with van der Waals surface area (Å²) in [6.45, 7) is 0.501. The van der Waals surface area contributed by atoms with Crippen LogP contribution in [0.5, 0.6) is 0 Å². The molecule has 1 saturated carbocycles. The normalized spacial score (nSPS) is 14.0. The number of hydrogen-bond donors (Lipinski definition) is 0. The highest BCUT2D eigenvalue weighted by molar-refractivity contribution is 5.79. The molecule has 1 fully saturated rings. The monoisotopic (exact) mass is 246 g/mol. The lowest BCUT2D eigenvalue weighted by Gasteiger charge is -2.21. The van der Waals surface area contributed by atoms with Crippen LogP contribution in [0.15, 0.2) is 24.3 Å². The average molecular weight is 246 g/mol. The third kappa shape index (κ3) is 3.30. The molecule has 1 aliphatic carbocycles. The molecule has 4 heteroatoms. The quantitative estimate of drug-likeness (QED) is 0.800. The Morgan fingerprint density at radius 1 is 1.39 bits per heavy atom. The Hall–Kier alpha value is -1.89. The second kappa shape index (κ2) is 5.63. The van der Waals surface area contributed by atoms with Crippen molar-refractivity contribution in [1.29, 1.82) is 5.26 Å². The maximum Gasteiger partial charge on any atom is 0.227 e. The highest BCUT2D eigenvalue weighted by atomic mass is 19.1. The zero-order valence-corrected chi connectivity index (χ0v) is 10.1. The van der Waals surface area contributed by atoms with Crippen molar-refractivity contribution in [2.45, 2.75) is 31.7 Å². The summed E-state index contributed by atoms with van der Waals surface area (Å²) in [5.74, 6) is -0.269. The van der Waals surface area contributed by atoms with Crippen LogP contribution in [0.1, 0.15) is 24.8 Å². The Balaban J connectivity index is 1.96. The molecule has 1 aliphatic rings. The zero-order valence-electron chi connectivity index (χ0n) is 10.1. The van der Waals surface area contributed by atoms with Gasteiger partial charge in [-0.3, -0.25) is 4.79 Å². The number of rotatable bonds is 5. The van der Waals surface area contributed by atoms with Gasteiger partial charge in [0.25, 0.3) is 0 Å². The van der Waals surface area contributed by atoms with E-state index in [2.05, 4.69) is 6.07 Å². The fraction of sp³-hybridized carbons (Fsp3) is 0.429. The van der Waals surface area contributed by atoms with Crippen molar-refractivity contribution in [3.8, 4) is 6.07 Å². The Bertz CT molecular complexity index is 460. The Labute approximate surface area is 106 Å². The van der Waals surface area contributed by atoms with Crippen LogP contribution >= 0.6 is 0 Å². The summed E-state index contributed by atoms with van der Waals surface area (Å²) >= 11 is 0. The molecule has 18 heavy (non-hydrogen) atoms. The largest absolute Gasteiger partial charge is 0.338 e. The van der Waals surface area contributed by atoms with Gasteiger partial charge in [-0.25, -0.2) is 4.39 Å². The molecular weight excluding hydrogens is 231 g/mol. The van der Waals surface area contributed by atoms with Crippen molar-refractivity contribution in [2.24, 2.45) is 0 Å². The average Bonchev–Trinajstić information content (AvgIpc) is 3.17. The van der Waals surface area contributed by atoms with Crippen LogP contribution in [0.4, 0.5) is 4.39 Å². The van der Waals surface area contributed by atoms with Crippen molar-refractivity contribution >= 4 is 5.91 Å². The van der Waals surface area contributed by atoms with Gasteiger partial charge in [-0.15, -0.1) is 0 Å². The lowest BCUT2D eigenvalue weighted by molar-refractivity contribution is -0.131. The van der Waals surface area contributed by atoms with E-state index in [0.29, 0.717) is 19.0 Å². The van der Waals surface area contributed by atoms with Crippen LogP contribution in [0.25, 0.3) is 0 Å². The summed E-state index contributed by atoms with van der Waals surface area (Å²) in [6, 6.07) is 8.35. The second-order valence-electron chi connectivity index (χ2n) is 4.53. The SMILES string of the molecule is N#CCCN(C(=O)Cc1ccc(F)cc1)C1CC1. The highest BCUT2D eigenvalue weighted by Crippen LogP contribution is 2.27. The molecule has 0 heterocycles. The molecule has 0 unspecified atom stereocenters. The first-order valence-corrected chi connectivity index (χ1v) is 6.11. The number of carbonyl (C=O) groups excluding carboxylic acids is 1. The first-order chi connectivity index (χ1) is 8.70. The van der Waals surface area contributed by atoms with Crippen LogP contribution < -0.4 is 0 Å². The number of benzene rings is 1. The summed E-state index contributed by atoms with van der Waals surface area (Å²) in [4.78, 5) is 13.9. The molecule has 0 radical (unpaired) electrons. The number of halogens is 1. The Morgan fingerprint density at radius 3 is 2.61 bits per heavy atom. The van der Waals surface area contributed by atoms with Gasteiger partial charge in [-0.1, -0.05) is 12.1 Å². The first kappa shape index (κ1) is 12.6. The smallest absolute Gasteiger partial charge is 0.227 e. The highest BCUT2D eigenvalue weighted by Gasteiger charge is 2.31. The van der Waals surface area contributed by atoms with Crippen LogP contribution in [0.3, 0.4) is 0 Å². The van der Waals surface area contributed by atoms with Gasteiger partial charge in [-0.05, 0) is 30.5 Å². The predicted molar refractivity (Wildman–Crippen MR) is 65.1 cm³/mol. The van der Waals surface area contributed by atoms with Crippen LogP contribution in [0.2, 0.25) is 0 Å². The zero-order chi connectivity index (χ0) is 13.0. The van der Waals surface area contributed by atoms with E-state index in [9.17, 15) is 9.18 Å². The maximum atomic E-state index is 12.8. The van der Waals surface area contributed by atoms with E-state index in [1.807, 2.05) is 0 Å². The first-order valence-electron chi connectivity index (χ1n) is 6.11. The molecule has 0 bridgehead atoms. The van der Waals surface area contributed by atoms with E-state index < -0.39 is 0 Å². The fourth-order valence-electron chi connectivity index (χ4n) is 1.95. The number of hydrogen-bond acceptors (Lipinski definition) is 2. The third-order valence-corrected chi connectivity index (χ3v) is 3.04.